The number of hydrogen-bond donors (Lipinski definition) is 3. The van der Waals surface area contributed by atoms with Gasteiger partial charge in [0.2, 0.25) is 0 Å². The summed E-state index contributed by atoms with van der Waals surface area (Å²) in [6.07, 6.45) is 57.7. The van der Waals surface area contributed by atoms with Crippen molar-refractivity contribution in [2.24, 2.45) is 17.8 Å². The van der Waals surface area contributed by atoms with Crippen LogP contribution in [0.25, 0.3) is 0 Å². The first-order valence-electron chi connectivity index (χ1n) is 39.7. The molecule has 572 valence electrons. The number of phosphoric ester groups is 2. The largest absolute Gasteiger partial charge is 0.472 e. The van der Waals surface area contributed by atoms with Gasteiger partial charge in [0.05, 0.1) is 26.4 Å². The van der Waals surface area contributed by atoms with Crippen LogP contribution in [-0.2, 0) is 65.4 Å². The van der Waals surface area contributed by atoms with E-state index in [0.29, 0.717) is 31.6 Å². The summed E-state index contributed by atoms with van der Waals surface area (Å²) in [4.78, 5) is 72.9. The Labute approximate surface area is 592 Å². The second-order valence-corrected chi connectivity index (χ2v) is 31.7. The predicted octanol–water partition coefficient (Wildman–Crippen LogP) is 22.5. The fourth-order valence-electron chi connectivity index (χ4n) is 11.4. The summed E-state index contributed by atoms with van der Waals surface area (Å²) in [6, 6.07) is 0. The molecule has 0 fully saturated rings. The monoisotopic (exact) mass is 1420 g/mol. The molecule has 97 heavy (non-hydrogen) atoms. The van der Waals surface area contributed by atoms with Crippen molar-refractivity contribution in [3.63, 3.8) is 0 Å². The minimum absolute atomic E-state index is 0.0848. The van der Waals surface area contributed by atoms with E-state index in [9.17, 15) is 43.2 Å². The molecule has 5 atom stereocenters. The van der Waals surface area contributed by atoms with Crippen LogP contribution in [0.3, 0.4) is 0 Å². The lowest BCUT2D eigenvalue weighted by molar-refractivity contribution is -0.161. The second kappa shape index (κ2) is 68.0. The number of aliphatic hydroxyl groups excluding tert-OH is 1. The van der Waals surface area contributed by atoms with Gasteiger partial charge < -0.3 is 33.8 Å². The number of aliphatic hydroxyl groups is 1. The number of esters is 4. The molecule has 0 aliphatic heterocycles. The summed E-state index contributed by atoms with van der Waals surface area (Å²) < 4.78 is 68.5. The van der Waals surface area contributed by atoms with E-state index in [1.807, 2.05) is 0 Å². The summed E-state index contributed by atoms with van der Waals surface area (Å²) in [5, 5.41) is 10.6. The van der Waals surface area contributed by atoms with Crippen LogP contribution in [0.4, 0.5) is 0 Å². The van der Waals surface area contributed by atoms with Gasteiger partial charge in [0.1, 0.15) is 19.3 Å². The first kappa shape index (κ1) is 94.5. The average molecular weight is 1420 g/mol. The maximum Gasteiger partial charge on any atom is 0.472 e. The Kier molecular flexibility index (Phi) is 66.3. The van der Waals surface area contributed by atoms with Crippen molar-refractivity contribution < 1.29 is 80.2 Å². The third-order valence-electron chi connectivity index (χ3n) is 17.5. The van der Waals surface area contributed by atoms with Crippen LogP contribution in [0.2, 0.25) is 0 Å². The van der Waals surface area contributed by atoms with Crippen LogP contribution in [-0.4, -0.2) is 96.7 Å². The van der Waals surface area contributed by atoms with Crippen molar-refractivity contribution in [3.05, 3.63) is 24.3 Å². The number of carbonyl (C=O) groups is 4. The van der Waals surface area contributed by atoms with Gasteiger partial charge in [0.15, 0.2) is 12.2 Å². The molecule has 19 heteroatoms. The van der Waals surface area contributed by atoms with Crippen molar-refractivity contribution in [1.29, 1.82) is 0 Å². The van der Waals surface area contributed by atoms with E-state index in [-0.39, 0.29) is 25.7 Å². The van der Waals surface area contributed by atoms with Crippen LogP contribution >= 0.6 is 15.6 Å². The molecule has 17 nitrogen and oxygen atoms in total. The topological polar surface area (TPSA) is 237 Å². The summed E-state index contributed by atoms with van der Waals surface area (Å²) in [5.74, 6) is 0.130. The maximum atomic E-state index is 13.1. The number of unbranched alkanes of at least 4 members (excludes halogenated alkanes) is 39. The zero-order valence-electron chi connectivity index (χ0n) is 63.0. The summed E-state index contributed by atoms with van der Waals surface area (Å²) in [5.41, 5.74) is 0. The fourth-order valence-corrected chi connectivity index (χ4v) is 13.0. The Morgan fingerprint density at radius 2 is 0.557 bits per heavy atom. The quantitative estimate of drug-likeness (QED) is 0.0169. The number of carbonyl (C=O) groups excluding carboxylic acids is 4. The number of phosphoric acid groups is 2. The van der Waals surface area contributed by atoms with Gasteiger partial charge in [-0.05, 0) is 69.1 Å². The fraction of sp³-hybridized carbons (Fsp3) is 0.897. The highest BCUT2D eigenvalue weighted by atomic mass is 31.2. The Bertz CT molecular complexity index is 1980. The van der Waals surface area contributed by atoms with Gasteiger partial charge in [-0.2, -0.15) is 0 Å². The van der Waals surface area contributed by atoms with Crippen molar-refractivity contribution in [2.45, 2.75) is 394 Å². The van der Waals surface area contributed by atoms with E-state index in [0.717, 1.165) is 121 Å². The number of rotatable bonds is 74. The standard InChI is InChI=1S/C78H148O17P2/c1-8-9-10-11-12-13-14-15-16-20-27-32-39-47-54-61-77(82)94-73(65-88-75(80)59-52-45-38-31-26-23-22-25-30-36-43-50-57-70(4)5)67-92-96(84,85)90-63-72(79)64-91-97(86,87)93-68-74(66-89-76(81)60-53-46-41-34-37-44-51-58-71(6)7)95-78(83)62-55-48-40-33-28-21-18-17-19-24-29-35-42-49-56-69(2)3/h13-16,69-74,79H,8-12,17-68H2,1-7H3,(H,84,85)(H,86,87)/b14-13-,16-15-/t72?,73-,74-/m1/s1. The molecule has 0 spiro atoms. The van der Waals surface area contributed by atoms with Gasteiger partial charge >= 0.3 is 39.5 Å². The Hall–Kier alpha value is -2.46. The van der Waals surface area contributed by atoms with E-state index < -0.39 is 97.5 Å². The zero-order chi connectivity index (χ0) is 71.6. The lowest BCUT2D eigenvalue weighted by atomic mass is 10.0. The Balaban J connectivity index is 5.28. The first-order chi connectivity index (χ1) is 46.7. The summed E-state index contributed by atoms with van der Waals surface area (Å²) >= 11 is 0. The molecule has 0 radical (unpaired) electrons. The van der Waals surface area contributed by atoms with Crippen LogP contribution in [0, 0.1) is 17.8 Å². The maximum absolute atomic E-state index is 13.1. The SMILES string of the molecule is CCCCCC/C=C\C=C/CCCCCCCC(=O)O[C@H](COC(=O)CCCCCCCCCCCCCCC(C)C)COP(=O)(O)OCC(O)COP(=O)(O)OC[C@@H](COC(=O)CCCCCCCCCC(C)C)OC(=O)CCCCCCCCCCCCCCCCC(C)C. The molecular formula is C78H148O17P2. The van der Waals surface area contributed by atoms with Crippen LogP contribution in [0.15, 0.2) is 24.3 Å². The van der Waals surface area contributed by atoms with Crippen molar-refractivity contribution >= 4 is 39.5 Å². The minimum Gasteiger partial charge on any atom is -0.462 e. The van der Waals surface area contributed by atoms with E-state index >= 15 is 0 Å². The van der Waals surface area contributed by atoms with Crippen molar-refractivity contribution in [2.75, 3.05) is 39.6 Å². The van der Waals surface area contributed by atoms with E-state index in [4.69, 9.17) is 37.0 Å². The van der Waals surface area contributed by atoms with Gasteiger partial charge in [0.25, 0.3) is 0 Å². The molecule has 0 aromatic rings. The van der Waals surface area contributed by atoms with Gasteiger partial charge in [-0.25, -0.2) is 9.13 Å². The lowest BCUT2D eigenvalue weighted by Gasteiger charge is -2.21. The molecule has 0 aliphatic rings. The summed E-state index contributed by atoms with van der Waals surface area (Å²) in [6.45, 7) is 11.8. The summed E-state index contributed by atoms with van der Waals surface area (Å²) in [7, 11) is -9.93. The molecule has 0 saturated carbocycles. The van der Waals surface area contributed by atoms with E-state index in [1.165, 1.54) is 167 Å². The highest BCUT2D eigenvalue weighted by Crippen LogP contribution is 2.45. The zero-order valence-corrected chi connectivity index (χ0v) is 64.8. The molecule has 3 unspecified atom stereocenters. The van der Waals surface area contributed by atoms with Crippen LogP contribution in [0.5, 0.6) is 0 Å². The van der Waals surface area contributed by atoms with Crippen LogP contribution < -0.4 is 0 Å². The second-order valence-electron chi connectivity index (χ2n) is 28.8. The molecule has 0 bridgehead atoms. The van der Waals surface area contributed by atoms with Gasteiger partial charge in [-0.15, -0.1) is 0 Å². The van der Waals surface area contributed by atoms with Gasteiger partial charge in [-0.1, -0.05) is 323 Å². The molecule has 0 aliphatic carbocycles. The average Bonchev–Trinajstić information content (AvgIpc) is 1.54. The minimum atomic E-state index is -4.97. The van der Waals surface area contributed by atoms with Gasteiger partial charge in [0, 0.05) is 25.7 Å². The lowest BCUT2D eigenvalue weighted by Crippen LogP contribution is -2.30. The number of ether oxygens (including phenoxy) is 4. The molecule has 0 saturated heterocycles. The van der Waals surface area contributed by atoms with Gasteiger partial charge in [-0.3, -0.25) is 37.3 Å². The number of hydrogen-bond acceptors (Lipinski definition) is 15. The number of allylic oxidation sites excluding steroid dienone is 4. The van der Waals surface area contributed by atoms with Crippen molar-refractivity contribution in [3.8, 4) is 0 Å². The molecule has 0 heterocycles. The van der Waals surface area contributed by atoms with Crippen molar-refractivity contribution in [1.82, 2.24) is 0 Å². The highest BCUT2D eigenvalue weighted by Gasteiger charge is 2.30. The Morgan fingerprint density at radius 3 is 0.835 bits per heavy atom. The molecule has 0 amide bonds. The van der Waals surface area contributed by atoms with Crippen LogP contribution in [0.1, 0.15) is 376 Å². The predicted molar refractivity (Wildman–Crippen MR) is 395 cm³/mol. The van der Waals surface area contributed by atoms with E-state index in [2.05, 4.69) is 72.8 Å². The normalized spacial score (nSPS) is 14.2. The smallest absolute Gasteiger partial charge is 0.462 e. The molecule has 0 aromatic carbocycles. The molecule has 3 N–H and O–H groups in total. The first-order valence-corrected chi connectivity index (χ1v) is 42.7. The Morgan fingerprint density at radius 1 is 0.320 bits per heavy atom. The molecular weight excluding hydrogens is 1270 g/mol. The van der Waals surface area contributed by atoms with E-state index in [1.54, 1.807) is 0 Å². The third kappa shape index (κ3) is 71.7. The highest BCUT2D eigenvalue weighted by molar-refractivity contribution is 7.47. The molecule has 0 aromatic heterocycles. The molecule has 0 rings (SSSR count). The third-order valence-corrected chi connectivity index (χ3v) is 19.4.